The average Bonchev–Trinajstić information content (AvgIpc) is 3.11. The molecule has 1 unspecified atom stereocenters. The number of benzene rings is 2. The number of aryl methyl sites for hydroxylation is 1. The van der Waals surface area contributed by atoms with E-state index >= 15 is 0 Å². The smallest absolute Gasteiger partial charge is 0.185 e. The number of nitrogens with zero attached hydrogens (tertiary/aromatic N) is 3. The topological polar surface area (TPSA) is 48.7 Å². The van der Waals surface area contributed by atoms with E-state index in [9.17, 15) is 9.90 Å². The zero-order chi connectivity index (χ0) is 21.8. The minimum absolute atomic E-state index is 0.00747. The summed E-state index contributed by atoms with van der Waals surface area (Å²) in [4.78, 5) is 17.2. The number of β-amino-alcohol motifs (C(OH)–C–C–N with tert-alkyl or cyclic N) is 1. The molecule has 0 radical (unpaired) electrons. The predicted octanol–water partition coefficient (Wildman–Crippen LogP) is 3.45. The molecule has 31 heavy (non-hydrogen) atoms. The first-order valence-electron chi connectivity index (χ1n) is 11.0. The molecular weight excluding hydrogens is 386 g/mol. The normalized spacial score (nSPS) is 16.9. The van der Waals surface area contributed by atoms with Crippen LogP contribution in [-0.4, -0.2) is 71.1 Å². The molecule has 4 rings (SSSR count). The number of aromatic nitrogens is 1. The van der Waals surface area contributed by atoms with Gasteiger partial charge in [0.2, 0.25) is 0 Å². The number of hydrogen-bond acceptors (Lipinski definition) is 4. The lowest BCUT2D eigenvalue weighted by Gasteiger charge is -2.33. The van der Waals surface area contributed by atoms with Crippen molar-refractivity contribution in [1.29, 1.82) is 0 Å². The quantitative estimate of drug-likeness (QED) is 0.473. The van der Waals surface area contributed by atoms with Gasteiger partial charge in [-0.25, -0.2) is 0 Å². The second-order valence-corrected chi connectivity index (χ2v) is 8.58. The summed E-state index contributed by atoms with van der Waals surface area (Å²) in [5, 5.41) is 11.8. The van der Waals surface area contributed by atoms with Crippen molar-refractivity contribution in [2.45, 2.75) is 19.6 Å². The van der Waals surface area contributed by atoms with Crippen molar-refractivity contribution in [2.24, 2.45) is 0 Å². The molecule has 1 aliphatic rings. The van der Waals surface area contributed by atoms with Crippen molar-refractivity contribution in [2.75, 3.05) is 39.8 Å². The zero-order valence-electron chi connectivity index (χ0n) is 18.4. The minimum atomic E-state index is -0.440. The number of piperazine rings is 1. The Balaban J connectivity index is 1.49. The number of allylic oxidation sites excluding steroid dienone is 1. The van der Waals surface area contributed by atoms with E-state index < -0.39 is 6.10 Å². The highest BCUT2D eigenvalue weighted by molar-refractivity contribution is 6.07. The fraction of sp³-hybridized carbons (Fsp3) is 0.346. The van der Waals surface area contributed by atoms with Crippen LogP contribution in [-0.2, 0) is 6.54 Å². The minimum Gasteiger partial charge on any atom is -0.390 e. The first kappa shape index (κ1) is 21.5. The van der Waals surface area contributed by atoms with E-state index in [1.807, 2.05) is 55.6 Å². The molecule has 0 spiro atoms. The first-order valence-corrected chi connectivity index (χ1v) is 11.0. The molecule has 1 aromatic heterocycles. The monoisotopic (exact) mass is 417 g/mol. The highest BCUT2D eigenvalue weighted by Gasteiger charge is 2.18. The molecule has 0 aliphatic carbocycles. The fourth-order valence-corrected chi connectivity index (χ4v) is 4.15. The van der Waals surface area contributed by atoms with Crippen molar-refractivity contribution >= 4 is 22.8 Å². The molecule has 3 aromatic rings. The summed E-state index contributed by atoms with van der Waals surface area (Å²) in [7, 11) is 2.14. The van der Waals surface area contributed by atoms with Crippen LogP contribution in [0.15, 0.2) is 60.8 Å². The first-order chi connectivity index (χ1) is 15.0. The summed E-state index contributed by atoms with van der Waals surface area (Å²) < 4.78 is 2.10. The maximum atomic E-state index is 12.6. The molecule has 2 aromatic carbocycles. The largest absolute Gasteiger partial charge is 0.390 e. The summed E-state index contributed by atoms with van der Waals surface area (Å²) in [5.74, 6) is -0.00747. The van der Waals surface area contributed by atoms with Crippen LogP contribution in [0.5, 0.6) is 0 Å². The Morgan fingerprint density at radius 2 is 1.74 bits per heavy atom. The summed E-state index contributed by atoms with van der Waals surface area (Å²) in [5.41, 5.74) is 3.89. The van der Waals surface area contributed by atoms with Crippen LogP contribution in [0.4, 0.5) is 0 Å². The molecule has 162 valence electrons. The van der Waals surface area contributed by atoms with E-state index in [0.717, 1.165) is 48.2 Å². The van der Waals surface area contributed by atoms with Crippen molar-refractivity contribution in [3.63, 3.8) is 0 Å². The van der Waals surface area contributed by atoms with Gasteiger partial charge in [-0.2, -0.15) is 0 Å². The Kier molecular flexibility index (Phi) is 6.66. The Bertz CT molecular complexity index is 1060. The van der Waals surface area contributed by atoms with Gasteiger partial charge in [-0.3, -0.25) is 9.69 Å². The fourth-order valence-electron chi connectivity index (χ4n) is 4.15. The molecule has 0 amide bonds. The molecule has 0 saturated carbocycles. The number of carbonyl (C=O) groups is 1. The summed E-state index contributed by atoms with van der Waals surface area (Å²) in [6.07, 6.45) is 5.12. The molecule has 1 N–H and O–H groups in total. The lowest BCUT2D eigenvalue weighted by molar-refractivity contribution is 0.0717. The lowest BCUT2D eigenvalue weighted by atomic mass is 10.1. The highest BCUT2D eigenvalue weighted by atomic mass is 16.3. The van der Waals surface area contributed by atoms with Crippen molar-refractivity contribution in [1.82, 2.24) is 14.4 Å². The molecule has 5 nitrogen and oxygen atoms in total. The van der Waals surface area contributed by atoms with Crippen molar-refractivity contribution in [3.8, 4) is 0 Å². The standard InChI is InChI=1S/C26H31N3O2/c1-20-7-9-21(10-8-20)26(31)12-11-22-17-29(25-6-4-3-5-24(22)25)19-23(30)18-28-15-13-27(2)14-16-28/h3-12,17,23,30H,13-16,18-19H2,1-2H3. The number of ketones is 1. The molecule has 0 bridgehead atoms. The number of rotatable bonds is 7. The number of carbonyl (C=O) groups excluding carboxylic acids is 1. The molecule has 1 aliphatic heterocycles. The maximum absolute atomic E-state index is 12.6. The Morgan fingerprint density at radius 1 is 1.03 bits per heavy atom. The van der Waals surface area contributed by atoms with E-state index in [4.69, 9.17) is 0 Å². The van der Waals surface area contributed by atoms with Gasteiger partial charge in [-0.1, -0.05) is 48.0 Å². The number of hydrogen-bond donors (Lipinski definition) is 1. The van der Waals surface area contributed by atoms with E-state index in [0.29, 0.717) is 18.7 Å². The molecule has 1 saturated heterocycles. The van der Waals surface area contributed by atoms with Gasteiger partial charge in [0.05, 0.1) is 6.10 Å². The third-order valence-electron chi connectivity index (χ3n) is 6.04. The van der Waals surface area contributed by atoms with E-state index in [1.165, 1.54) is 0 Å². The second kappa shape index (κ2) is 9.60. The van der Waals surface area contributed by atoms with Crippen LogP contribution in [0.1, 0.15) is 21.5 Å². The number of likely N-dealkylation sites (N-methyl/N-ethyl adjacent to an activating group) is 1. The van der Waals surface area contributed by atoms with Gasteiger partial charge in [-0.15, -0.1) is 0 Å². The van der Waals surface area contributed by atoms with Gasteiger partial charge in [0, 0.05) is 67.5 Å². The second-order valence-electron chi connectivity index (χ2n) is 8.58. The Labute approximate surface area is 184 Å². The summed E-state index contributed by atoms with van der Waals surface area (Å²) in [6.45, 7) is 7.30. The van der Waals surface area contributed by atoms with Crippen LogP contribution < -0.4 is 0 Å². The van der Waals surface area contributed by atoms with Gasteiger partial charge in [0.1, 0.15) is 0 Å². The van der Waals surface area contributed by atoms with Crippen LogP contribution in [0.3, 0.4) is 0 Å². The van der Waals surface area contributed by atoms with E-state index in [-0.39, 0.29) is 5.78 Å². The van der Waals surface area contributed by atoms with E-state index in [1.54, 1.807) is 6.08 Å². The highest BCUT2D eigenvalue weighted by Crippen LogP contribution is 2.23. The number of aliphatic hydroxyl groups excluding tert-OH is 1. The van der Waals surface area contributed by atoms with Gasteiger partial charge < -0.3 is 14.6 Å². The maximum Gasteiger partial charge on any atom is 0.185 e. The molecule has 1 fully saturated rings. The molecule has 2 heterocycles. The average molecular weight is 418 g/mol. The predicted molar refractivity (Wildman–Crippen MR) is 126 cm³/mol. The number of fused-ring (bicyclic) bond motifs is 1. The third kappa shape index (κ3) is 5.31. The molecular formula is C26H31N3O2. The van der Waals surface area contributed by atoms with Gasteiger partial charge in [0.25, 0.3) is 0 Å². The Hall–Kier alpha value is -2.73. The van der Waals surface area contributed by atoms with Crippen LogP contribution in [0, 0.1) is 6.92 Å². The van der Waals surface area contributed by atoms with Crippen molar-refractivity contribution in [3.05, 3.63) is 77.5 Å². The van der Waals surface area contributed by atoms with Crippen LogP contribution in [0.2, 0.25) is 0 Å². The van der Waals surface area contributed by atoms with Crippen molar-refractivity contribution < 1.29 is 9.90 Å². The van der Waals surface area contributed by atoms with Crippen LogP contribution in [0.25, 0.3) is 17.0 Å². The molecule has 5 heteroatoms. The van der Waals surface area contributed by atoms with E-state index in [2.05, 4.69) is 33.5 Å². The number of para-hydroxylation sites is 1. The lowest BCUT2D eigenvalue weighted by Crippen LogP contribution is -2.47. The summed E-state index contributed by atoms with van der Waals surface area (Å²) in [6, 6.07) is 15.8. The van der Waals surface area contributed by atoms with Gasteiger partial charge in [0.15, 0.2) is 5.78 Å². The van der Waals surface area contributed by atoms with Crippen LogP contribution >= 0.6 is 0 Å². The van der Waals surface area contributed by atoms with Gasteiger partial charge >= 0.3 is 0 Å². The number of aliphatic hydroxyl groups is 1. The zero-order valence-corrected chi connectivity index (χ0v) is 18.4. The third-order valence-corrected chi connectivity index (χ3v) is 6.04. The Morgan fingerprint density at radius 3 is 2.48 bits per heavy atom. The summed E-state index contributed by atoms with van der Waals surface area (Å²) >= 11 is 0. The molecule has 1 atom stereocenters. The van der Waals surface area contributed by atoms with Gasteiger partial charge in [-0.05, 0) is 32.2 Å². The SMILES string of the molecule is Cc1ccc(C(=O)C=Cc2cn(CC(O)CN3CCN(C)CC3)c3ccccc23)cc1.